The van der Waals surface area contributed by atoms with E-state index in [9.17, 15) is 0 Å². The summed E-state index contributed by atoms with van der Waals surface area (Å²) in [6, 6.07) is 1.69. The van der Waals surface area contributed by atoms with Crippen molar-refractivity contribution in [1.29, 1.82) is 0 Å². The topological polar surface area (TPSA) is 59.4 Å². The van der Waals surface area contributed by atoms with Crippen LogP contribution < -0.4 is 5.73 Å². The smallest absolute Gasteiger partial charge is 0.134 e. The molecule has 3 N–H and O–H groups in total. The van der Waals surface area contributed by atoms with Gasteiger partial charge in [0.2, 0.25) is 0 Å². The lowest BCUT2D eigenvalue weighted by Gasteiger charge is -2.00. The van der Waals surface area contributed by atoms with Crippen molar-refractivity contribution in [3.05, 3.63) is 22.6 Å². The van der Waals surface area contributed by atoms with Gasteiger partial charge in [0.25, 0.3) is 0 Å². The van der Waals surface area contributed by atoms with Crippen LogP contribution in [0.4, 0.5) is 0 Å². The van der Waals surface area contributed by atoms with E-state index in [0.717, 1.165) is 4.47 Å². The Morgan fingerprint density at radius 1 is 1.80 bits per heavy atom. The van der Waals surface area contributed by atoms with Gasteiger partial charge in [0.1, 0.15) is 18.1 Å². The number of aliphatic hydroxyl groups is 1. The molecule has 0 aromatic carbocycles. The Morgan fingerprint density at radius 2 is 2.50 bits per heavy atom. The normalized spacial score (nSPS) is 13.5. The number of halogens is 1. The number of nitrogens with two attached hydrogens (primary N) is 1. The molecule has 1 atom stereocenters. The summed E-state index contributed by atoms with van der Waals surface area (Å²) in [6.07, 6.45) is 0.820. The number of hydrogen-bond acceptors (Lipinski definition) is 3. The molecule has 1 aromatic rings. The van der Waals surface area contributed by atoms with Gasteiger partial charge in [-0.25, -0.2) is 0 Å². The first-order chi connectivity index (χ1) is 4.74. The Balaban J connectivity index is 2.74. The van der Waals surface area contributed by atoms with E-state index in [4.69, 9.17) is 15.3 Å². The van der Waals surface area contributed by atoms with Crippen LogP contribution in [0, 0.1) is 0 Å². The van der Waals surface area contributed by atoms with Crippen LogP contribution in [0.25, 0.3) is 0 Å². The first-order valence-electron chi connectivity index (χ1n) is 2.86. The largest absolute Gasteiger partial charge is 0.465 e. The molecule has 10 heavy (non-hydrogen) atoms. The van der Waals surface area contributed by atoms with Crippen LogP contribution in [0.15, 0.2) is 21.2 Å². The lowest BCUT2D eigenvalue weighted by Crippen LogP contribution is -2.10. The monoisotopic (exact) mass is 205 g/mol. The molecule has 0 aliphatic heterocycles. The molecule has 56 valence electrons. The lowest BCUT2D eigenvalue weighted by molar-refractivity contribution is 0.158. The number of hydrogen-bond donors (Lipinski definition) is 2. The molecule has 0 radical (unpaired) electrons. The summed E-state index contributed by atoms with van der Waals surface area (Å²) in [6.45, 7) is 0.181. The van der Waals surface area contributed by atoms with Crippen LogP contribution >= 0.6 is 15.9 Å². The number of aliphatic hydroxyl groups excluding tert-OH is 1. The molecular weight excluding hydrogens is 198 g/mol. The van der Waals surface area contributed by atoms with Gasteiger partial charge in [-0.3, -0.25) is 0 Å². The minimum absolute atomic E-state index is 0.181. The highest BCUT2D eigenvalue weighted by molar-refractivity contribution is 9.10. The molecule has 3 nitrogen and oxygen atoms in total. The second-order valence-electron chi connectivity index (χ2n) is 1.92. The van der Waals surface area contributed by atoms with E-state index in [0.29, 0.717) is 5.76 Å². The lowest BCUT2D eigenvalue weighted by atomic mass is 10.3. The Morgan fingerprint density at radius 3 is 2.90 bits per heavy atom. The maximum Gasteiger partial charge on any atom is 0.134 e. The van der Waals surface area contributed by atoms with Crippen molar-refractivity contribution in [3.63, 3.8) is 0 Å². The molecule has 0 fully saturated rings. The third-order valence-corrected chi connectivity index (χ3v) is 1.56. The van der Waals surface area contributed by atoms with Crippen molar-refractivity contribution < 1.29 is 9.52 Å². The van der Waals surface area contributed by atoms with Crippen LogP contribution in [0.5, 0.6) is 0 Å². The third kappa shape index (κ3) is 1.59. The second kappa shape index (κ2) is 3.18. The van der Waals surface area contributed by atoms with Crippen LogP contribution in [0.1, 0.15) is 11.9 Å². The quantitative estimate of drug-likeness (QED) is 0.759. The minimum Gasteiger partial charge on any atom is -0.465 e. The van der Waals surface area contributed by atoms with E-state index in [-0.39, 0.29) is 6.54 Å². The predicted octanol–water partition coefficient (Wildman–Crippen LogP) is 1.03. The van der Waals surface area contributed by atoms with E-state index >= 15 is 0 Å². The zero-order valence-electron chi connectivity index (χ0n) is 5.25. The molecule has 0 saturated heterocycles. The predicted molar refractivity (Wildman–Crippen MR) is 40.4 cm³/mol. The van der Waals surface area contributed by atoms with Gasteiger partial charge in [-0.15, -0.1) is 0 Å². The fourth-order valence-electron chi connectivity index (χ4n) is 0.619. The summed E-state index contributed by atoms with van der Waals surface area (Å²) in [5.74, 6) is 0.495. The fraction of sp³-hybridized carbons (Fsp3) is 0.333. The van der Waals surface area contributed by atoms with E-state index in [1.54, 1.807) is 6.07 Å². The Bertz CT molecular complexity index is 211. The highest BCUT2D eigenvalue weighted by Crippen LogP contribution is 2.19. The van der Waals surface area contributed by atoms with Crippen molar-refractivity contribution in [2.45, 2.75) is 6.10 Å². The molecule has 1 rings (SSSR count). The van der Waals surface area contributed by atoms with E-state index in [2.05, 4.69) is 15.9 Å². The fourth-order valence-corrected chi connectivity index (χ4v) is 0.938. The highest BCUT2D eigenvalue weighted by atomic mass is 79.9. The minimum atomic E-state index is -0.689. The molecule has 4 heteroatoms. The molecule has 0 spiro atoms. The molecule has 1 heterocycles. The Hall–Kier alpha value is -0.320. The maximum atomic E-state index is 9.10. The van der Waals surface area contributed by atoms with Crippen LogP contribution in [-0.2, 0) is 0 Å². The SMILES string of the molecule is NC[C@@H](O)c1cc(Br)co1. The van der Waals surface area contributed by atoms with Crippen molar-refractivity contribution in [2.75, 3.05) is 6.54 Å². The van der Waals surface area contributed by atoms with Gasteiger partial charge < -0.3 is 15.3 Å². The standard InChI is InChI=1S/C6H8BrNO2/c7-4-1-6(10-3-4)5(9)2-8/h1,3,5,9H,2,8H2/t5-/m1/s1. The van der Waals surface area contributed by atoms with Crippen molar-refractivity contribution in [2.24, 2.45) is 5.73 Å². The Kier molecular flexibility index (Phi) is 2.48. The Labute approximate surface area is 67.0 Å². The first kappa shape index (κ1) is 7.78. The van der Waals surface area contributed by atoms with E-state index in [1.165, 1.54) is 6.26 Å². The summed E-state index contributed by atoms with van der Waals surface area (Å²) in [4.78, 5) is 0. The van der Waals surface area contributed by atoms with Crippen LogP contribution in [-0.4, -0.2) is 11.7 Å². The summed E-state index contributed by atoms with van der Waals surface area (Å²) in [5, 5.41) is 9.10. The average Bonchev–Trinajstić information content (AvgIpc) is 2.34. The van der Waals surface area contributed by atoms with Gasteiger partial charge in [0.05, 0.1) is 4.47 Å². The molecular formula is C6H8BrNO2. The molecule has 0 aliphatic rings. The second-order valence-corrected chi connectivity index (χ2v) is 2.83. The zero-order chi connectivity index (χ0) is 7.56. The third-order valence-electron chi connectivity index (χ3n) is 1.14. The van der Waals surface area contributed by atoms with Gasteiger partial charge in [0, 0.05) is 6.54 Å². The highest BCUT2D eigenvalue weighted by Gasteiger charge is 2.08. The molecule has 0 aliphatic carbocycles. The van der Waals surface area contributed by atoms with Gasteiger partial charge in [0.15, 0.2) is 0 Å². The van der Waals surface area contributed by atoms with Crippen LogP contribution in [0.2, 0.25) is 0 Å². The molecule has 0 unspecified atom stereocenters. The summed E-state index contributed by atoms with van der Waals surface area (Å²) in [7, 11) is 0. The molecule has 0 amide bonds. The molecule has 1 aromatic heterocycles. The van der Waals surface area contributed by atoms with Gasteiger partial charge >= 0.3 is 0 Å². The van der Waals surface area contributed by atoms with Crippen molar-refractivity contribution >= 4 is 15.9 Å². The van der Waals surface area contributed by atoms with Crippen molar-refractivity contribution in [1.82, 2.24) is 0 Å². The summed E-state index contributed by atoms with van der Waals surface area (Å²) < 4.78 is 5.75. The number of rotatable bonds is 2. The van der Waals surface area contributed by atoms with E-state index in [1.807, 2.05) is 0 Å². The maximum absolute atomic E-state index is 9.10. The molecule has 0 bridgehead atoms. The average molecular weight is 206 g/mol. The van der Waals surface area contributed by atoms with Crippen molar-refractivity contribution in [3.8, 4) is 0 Å². The van der Waals surface area contributed by atoms with Gasteiger partial charge in [-0.2, -0.15) is 0 Å². The van der Waals surface area contributed by atoms with Gasteiger partial charge in [-0.1, -0.05) is 0 Å². The first-order valence-corrected chi connectivity index (χ1v) is 3.65. The molecule has 0 saturated carbocycles. The van der Waals surface area contributed by atoms with Crippen LogP contribution in [0.3, 0.4) is 0 Å². The zero-order valence-corrected chi connectivity index (χ0v) is 6.84. The van der Waals surface area contributed by atoms with E-state index < -0.39 is 6.10 Å². The summed E-state index contributed by atoms with van der Waals surface area (Å²) >= 11 is 3.18. The summed E-state index contributed by atoms with van der Waals surface area (Å²) in [5.41, 5.74) is 5.19. The number of furan rings is 1. The van der Waals surface area contributed by atoms with Gasteiger partial charge in [-0.05, 0) is 22.0 Å².